The van der Waals surface area contributed by atoms with Gasteiger partial charge in [0.2, 0.25) is 11.8 Å². The molecule has 12 heteroatoms. The lowest BCUT2D eigenvalue weighted by Crippen LogP contribution is -2.60. The Morgan fingerprint density at radius 3 is 1.32 bits per heavy atom. The summed E-state index contributed by atoms with van der Waals surface area (Å²) >= 11 is 25.2. The lowest BCUT2D eigenvalue weighted by Gasteiger charge is -2.50. The third-order valence-electron chi connectivity index (χ3n) is 15.7. The third-order valence-corrected chi connectivity index (χ3v) is 17.2. The van der Waals surface area contributed by atoms with Crippen molar-refractivity contribution < 1.29 is 9.59 Å². The van der Waals surface area contributed by atoms with Crippen molar-refractivity contribution in [1.82, 2.24) is 29.8 Å². The van der Waals surface area contributed by atoms with Crippen LogP contribution in [0.25, 0.3) is 0 Å². The van der Waals surface area contributed by atoms with Gasteiger partial charge in [0, 0.05) is 76.3 Å². The van der Waals surface area contributed by atoms with Crippen molar-refractivity contribution in [3.63, 3.8) is 0 Å². The highest BCUT2D eigenvalue weighted by atomic mass is 35.5. The van der Waals surface area contributed by atoms with Crippen LogP contribution >= 0.6 is 46.4 Å². The predicted octanol–water partition coefficient (Wildman–Crippen LogP) is 11.9. The summed E-state index contributed by atoms with van der Waals surface area (Å²) < 4.78 is 0. The molecule has 2 aliphatic carbocycles. The van der Waals surface area contributed by atoms with Gasteiger partial charge in [0.25, 0.3) is 0 Å². The number of hydrogen-bond acceptors (Lipinski definition) is 6. The maximum Gasteiger partial charge on any atom is 0.223 e. The van der Waals surface area contributed by atoms with Crippen LogP contribution < -0.4 is 5.32 Å². The number of carbonyl (C=O) groups excluding carboxylic acids is 2. The van der Waals surface area contributed by atoms with Crippen LogP contribution in [0, 0.1) is 34.5 Å². The van der Waals surface area contributed by atoms with E-state index in [1.165, 1.54) is 43.2 Å². The zero-order valence-corrected chi connectivity index (χ0v) is 43.7. The molecule has 0 radical (unpaired) electrons. The molecule has 2 amide bonds. The summed E-state index contributed by atoms with van der Waals surface area (Å²) in [4.78, 5) is 38.9. The SMILES string of the molecule is CC(C)(C)[C@H]1CN(C(CC2CC2)c2ccc(Cl)c(Cl)c2)CCN1C(=O)CC1CCNCC1.CN1CCC(CC(=O)N2CCN(C(CC3CC3)c3ccc(Cl)c(Cl)c3)C[C@@H]2C(C)(C)C)CC1. The molecule has 2 aromatic rings. The molecule has 4 heterocycles. The topological polar surface area (TPSA) is 62.4 Å². The standard InChI is InChI=1S/C27H41Cl2N3O.C26H39Cl2N3O/c1-27(2,3)25-18-31(13-14-32(25)26(33)16-20-9-11-30(4)12-10-20)24(15-19-5-6-19)21-7-8-22(28)23(29)17-21;1-26(2,3)24-17-30(12-13-31(24)25(32)15-19-8-10-29-11-9-19)23(14-18-4-5-18)20-6-7-21(27)22(28)16-20/h7-8,17,19-20,24-25H,5-6,9-16,18H2,1-4H3;6-7,16,18-19,23-24,29H,4-5,8-15,17H2,1-3H3/t24?,25-;23?,24-/m11/s1. The molecule has 8 rings (SSSR count). The predicted molar refractivity (Wildman–Crippen MR) is 271 cm³/mol. The average Bonchev–Trinajstić information content (AvgIpc) is 4.22. The lowest BCUT2D eigenvalue weighted by atomic mass is 9.82. The van der Waals surface area contributed by atoms with Gasteiger partial charge in [0.15, 0.2) is 0 Å². The molecule has 0 aromatic heterocycles. The number of nitrogens with zero attached hydrogens (tertiary/aromatic N) is 5. The zero-order chi connectivity index (χ0) is 46.6. The van der Waals surface area contributed by atoms with Crippen LogP contribution in [0.15, 0.2) is 36.4 Å². The lowest BCUT2D eigenvalue weighted by molar-refractivity contribution is -0.142. The molecule has 0 spiro atoms. The first kappa shape index (κ1) is 51.2. The highest BCUT2D eigenvalue weighted by Gasteiger charge is 2.43. The number of nitrogens with one attached hydrogen (secondary N) is 1. The molecule has 2 unspecified atom stereocenters. The molecule has 0 bridgehead atoms. The van der Waals surface area contributed by atoms with Gasteiger partial charge < -0.3 is 20.0 Å². The van der Waals surface area contributed by atoms with Crippen LogP contribution in [0.4, 0.5) is 0 Å². The number of carbonyl (C=O) groups is 2. The van der Waals surface area contributed by atoms with Crippen molar-refractivity contribution in [2.75, 3.05) is 72.5 Å². The quantitative estimate of drug-likeness (QED) is 0.229. The van der Waals surface area contributed by atoms with Crippen LogP contribution in [0.3, 0.4) is 0 Å². The van der Waals surface area contributed by atoms with E-state index in [1.807, 2.05) is 12.1 Å². The number of piperazine rings is 2. The molecule has 6 fully saturated rings. The first-order chi connectivity index (χ1) is 30.8. The molecule has 1 N–H and O–H groups in total. The molecule has 4 saturated heterocycles. The Hall–Kier alpha value is -1.62. The van der Waals surface area contributed by atoms with Gasteiger partial charge in [-0.15, -0.1) is 0 Å². The Morgan fingerprint density at radius 1 is 0.554 bits per heavy atom. The summed E-state index contributed by atoms with van der Waals surface area (Å²) in [5, 5.41) is 5.91. The maximum absolute atomic E-state index is 13.5. The Bertz CT molecular complexity index is 1900. The van der Waals surface area contributed by atoms with E-state index < -0.39 is 0 Å². The van der Waals surface area contributed by atoms with Gasteiger partial charge in [-0.3, -0.25) is 19.4 Å². The van der Waals surface area contributed by atoms with E-state index in [0.29, 0.717) is 68.7 Å². The normalized spacial score (nSPS) is 24.7. The highest BCUT2D eigenvalue weighted by molar-refractivity contribution is 6.42. The van der Waals surface area contributed by atoms with E-state index in [9.17, 15) is 9.59 Å². The first-order valence-electron chi connectivity index (χ1n) is 25.2. The van der Waals surface area contributed by atoms with Crippen molar-refractivity contribution in [2.45, 2.75) is 143 Å². The van der Waals surface area contributed by atoms with Crippen molar-refractivity contribution in [1.29, 1.82) is 0 Å². The van der Waals surface area contributed by atoms with Gasteiger partial charge in [-0.05, 0) is 142 Å². The van der Waals surface area contributed by atoms with Gasteiger partial charge in [-0.1, -0.05) is 126 Å². The minimum atomic E-state index is 0.0306. The number of rotatable bonds is 12. The second-order valence-electron chi connectivity index (χ2n) is 23.0. The number of halogens is 4. The summed E-state index contributed by atoms with van der Waals surface area (Å²) in [6, 6.07) is 13.4. The number of benzene rings is 2. The highest BCUT2D eigenvalue weighted by Crippen LogP contribution is 2.45. The Balaban J connectivity index is 0.000000194. The van der Waals surface area contributed by atoms with Gasteiger partial charge in [-0.25, -0.2) is 0 Å². The van der Waals surface area contributed by atoms with Crippen LogP contribution in [-0.4, -0.2) is 121 Å². The number of likely N-dealkylation sites (tertiary alicyclic amines) is 1. The fourth-order valence-electron chi connectivity index (χ4n) is 11.1. The van der Waals surface area contributed by atoms with E-state index >= 15 is 0 Å². The summed E-state index contributed by atoms with van der Waals surface area (Å²) in [6.07, 6.45) is 13.6. The fourth-order valence-corrected chi connectivity index (χ4v) is 11.7. The minimum Gasteiger partial charge on any atom is -0.337 e. The van der Waals surface area contributed by atoms with Gasteiger partial charge in [0.05, 0.1) is 20.1 Å². The Kier molecular flexibility index (Phi) is 17.7. The second-order valence-corrected chi connectivity index (χ2v) is 24.6. The second kappa shape index (κ2) is 22.4. The fraction of sp³-hybridized carbons (Fsp3) is 0.736. The maximum atomic E-state index is 13.5. The molecule has 8 nitrogen and oxygen atoms in total. The largest absolute Gasteiger partial charge is 0.337 e. The van der Waals surface area contributed by atoms with E-state index in [0.717, 1.165) is 109 Å². The van der Waals surface area contributed by atoms with Crippen molar-refractivity contribution >= 4 is 58.2 Å². The van der Waals surface area contributed by atoms with Crippen LogP contribution in [0.2, 0.25) is 20.1 Å². The minimum absolute atomic E-state index is 0.0306. The van der Waals surface area contributed by atoms with Gasteiger partial charge in [-0.2, -0.15) is 0 Å². The van der Waals surface area contributed by atoms with E-state index in [1.54, 1.807) is 0 Å². The van der Waals surface area contributed by atoms with Crippen molar-refractivity contribution in [2.24, 2.45) is 34.5 Å². The average molecular weight is 975 g/mol. The third kappa shape index (κ3) is 14.2. The molecule has 6 aliphatic rings. The molecule has 4 aliphatic heterocycles. The molecule has 4 atom stereocenters. The summed E-state index contributed by atoms with van der Waals surface area (Å²) in [5.74, 6) is 3.39. The van der Waals surface area contributed by atoms with Crippen LogP contribution in [0.5, 0.6) is 0 Å². The summed E-state index contributed by atoms with van der Waals surface area (Å²) in [6.45, 7) is 23.3. The molecule has 2 aromatic carbocycles. The Labute approximate surface area is 412 Å². The number of piperidine rings is 2. The van der Waals surface area contributed by atoms with Gasteiger partial charge >= 0.3 is 0 Å². The molecular formula is C53H80Cl4N6O2. The first-order valence-corrected chi connectivity index (χ1v) is 26.7. The van der Waals surface area contributed by atoms with Crippen LogP contribution in [0.1, 0.15) is 142 Å². The number of amides is 2. The van der Waals surface area contributed by atoms with E-state index in [-0.39, 0.29) is 22.9 Å². The molecule has 2 saturated carbocycles. The van der Waals surface area contributed by atoms with Gasteiger partial charge in [0.1, 0.15) is 0 Å². The zero-order valence-electron chi connectivity index (χ0n) is 40.7. The number of hydrogen-bond donors (Lipinski definition) is 1. The summed E-state index contributed by atoms with van der Waals surface area (Å²) in [5.41, 5.74) is 2.58. The molecule has 65 heavy (non-hydrogen) atoms. The van der Waals surface area contributed by atoms with E-state index in [2.05, 4.69) is 103 Å². The van der Waals surface area contributed by atoms with Crippen molar-refractivity contribution in [3.8, 4) is 0 Å². The Morgan fingerprint density at radius 2 is 0.954 bits per heavy atom. The molecular weight excluding hydrogens is 894 g/mol. The smallest absolute Gasteiger partial charge is 0.223 e. The molecule has 362 valence electrons. The monoisotopic (exact) mass is 973 g/mol. The van der Waals surface area contributed by atoms with E-state index in [4.69, 9.17) is 46.4 Å². The van der Waals surface area contributed by atoms with Crippen LogP contribution in [-0.2, 0) is 9.59 Å². The van der Waals surface area contributed by atoms with Crippen molar-refractivity contribution in [3.05, 3.63) is 67.6 Å². The summed E-state index contributed by atoms with van der Waals surface area (Å²) in [7, 11) is 2.18.